The van der Waals surface area contributed by atoms with Crippen molar-refractivity contribution < 1.29 is 4.39 Å². The first-order chi connectivity index (χ1) is 9.63. The van der Waals surface area contributed by atoms with Crippen molar-refractivity contribution in [2.24, 2.45) is 0 Å². The molecule has 0 aliphatic rings. The third kappa shape index (κ3) is 3.67. The van der Waals surface area contributed by atoms with Gasteiger partial charge in [0, 0.05) is 17.8 Å². The molecule has 1 aromatic heterocycles. The Morgan fingerprint density at radius 1 is 1.40 bits per heavy atom. The van der Waals surface area contributed by atoms with Crippen LogP contribution in [0.5, 0.6) is 0 Å². The molecule has 108 valence electrons. The second-order valence-corrected chi connectivity index (χ2v) is 5.59. The van der Waals surface area contributed by atoms with E-state index >= 15 is 0 Å². The van der Waals surface area contributed by atoms with Crippen molar-refractivity contribution in [1.29, 1.82) is 0 Å². The molecule has 1 N–H and O–H groups in total. The Labute approximate surface area is 127 Å². The first kappa shape index (κ1) is 15.2. The Balaban J connectivity index is 2.10. The van der Waals surface area contributed by atoms with E-state index in [9.17, 15) is 4.39 Å². The van der Waals surface area contributed by atoms with Crippen LogP contribution in [-0.2, 0) is 6.54 Å². The lowest BCUT2D eigenvalue weighted by molar-refractivity contribution is 0.536. The van der Waals surface area contributed by atoms with Gasteiger partial charge in [-0.2, -0.15) is 5.10 Å². The Morgan fingerprint density at radius 3 is 2.85 bits per heavy atom. The number of hydrogen-bond acceptors (Lipinski definition) is 2. The minimum absolute atomic E-state index is 0.243. The molecule has 20 heavy (non-hydrogen) atoms. The maximum absolute atomic E-state index is 13.2. The molecule has 2 rings (SSSR count). The number of aromatic nitrogens is 2. The summed E-state index contributed by atoms with van der Waals surface area (Å²) >= 11 is 3.20. The van der Waals surface area contributed by atoms with Gasteiger partial charge in [-0.25, -0.2) is 4.39 Å². The van der Waals surface area contributed by atoms with E-state index in [1.165, 1.54) is 11.6 Å². The first-order valence-corrected chi connectivity index (χ1v) is 7.63. The maximum Gasteiger partial charge on any atom is 0.137 e. The summed E-state index contributed by atoms with van der Waals surface area (Å²) in [7, 11) is 0. The molecule has 0 radical (unpaired) electrons. The Bertz CT molecular complexity index is 568. The van der Waals surface area contributed by atoms with Gasteiger partial charge in [-0.05, 0) is 46.6 Å². The molecule has 1 aromatic carbocycles. The predicted octanol–water partition coefficient (Wildman–Crippen LogP) is 3.89. The standard InChI is InChI=1S/C15H19BrFN3/c1-3-15(18-4-2)12-8-19-20(10-12)9-11-5-6-14(17)13(16)7-11/h5-8,10,15,18H,3-4,9H2,1-2H3. The number of hydrogen-bond donors (Lipinski definition) is 1. The van der Waals surface area contributed by atoms with Crippen LogP contribution in [0.3, 0.4) is 0 Å². The number of nitrogens with one attached hydrogen (secondary N) is 1. The van der Waals surface area contributed by atoms with Gasteiger partial charge in [0.25, 0.3) is 0 Å². The van der Waals surface area contributed by atoms with E-state index in [0.29, 0.717) is 17.1 Å². The molecular weight excluding hydrogens is 321 g/mol. The fourth-order valence-corrected chi connectivity index (χ4v) is 2.64. The molecule has 0 fully saturated rings. The molecule has 1 atom stereocenters. The molecule has 0 spiro atoms. The summed E-state index contributed by atoms with van der Waals surface area (Å²) in [6.45, 7) is 5.83. The van der Waals surface area contributed by atoms with E-state index < -0.39 is 0 Å². The third-order valence-corrected chi connectivity index (χ3v) is 3.85. The summed E-state index contributed by atoms with van der Waals surface area (Å²) in [5.74, 6) is -0.243. The molecule has 0 amide bonds. The molecule has 0 saturated heterocycles. The van der Waals surface area contributed by atoms with Gasteiger partial charge >= 0.3 is 0 Å². The van der Waals surface area contributed by atoms with E-state index in [1.54, 1.807) is 12.1 Å². The van der Waals surface area contributed by atoms with E-state index in [1.807, 2.05) is 17.1 Å². The summed E-state index contributed by atoms with van der Waals surface area (Å²) < 4.78 is 15.6. The summed E-state index contributed by atoms with van der Waals surface area (Å²) in [5.41, 5.74) is 2.21. The number of halogens is 2. The topological polar surface area (TPSA) is 29.9 Å². The zero-order chi connectivity index (χ0) is 14.5. The van der Waals surface area contributed by atoms with Gasteiger partial charge < -0.3 is 5.32 Å². The van der Waals surface area contributed by atoms with Crippen LogP contribution in [0.25, 0.3) is 0 Å². The minimum Gasteiger partial charge on any atom is -0.310 e. The quantitative estimate of drug-likeness (QED) is 0.865. The Morgan fingerprint density at radius 2 is 2.20 bits per heavy atom. The van der Waals surface area contributed by atoms with Gasteiger partial charge in [-0.1, -0.05) is 19.9 Å². The number of nitrogens with zero attached hydrogens (tertiary/aromatic N) is 2. The van der Waals surface area contributed by atoms with Gasteiger partial charge in [0.1, 0.15) is 5.82 Å². The summed E-state index contributed by atoms with van der Waals surface area (Å²) in [5, 5.41) is 7.81. The van der Waals surface area contributed by atoms with Crippen molar-refractivity contribution >= 4 is 15.9 Å². The van der Waals surface area contributed by atoms with Crippen LogP contribution < -0.4 is 5.32 Å². The summed E-state index contributed by atoms with van der Waals surface area (Å²) in [6, 6.07) is 5.38. The molecular formula is C15H19BrFN3. The highest BCUT2D eigenvalue weighted by Gasteiger charge is 2.10. The lowest BCUT2D eigenvalue weighted by Crippen LogP contribution is -2.19. The fraction of sp³-hybridized carbons (Fsp3) is 0.400. The summed E-state index contributed by atoms with van der Waals surface area (Å²) in [6.07, 6.45) is 4.98. The van der Waals surface area contributed by atoms with Crippen LogP contribution in [0.4, 0.5) is 4.39 Å². The van der Waals surface area contributed by atoms with E-state index in [0.717, 1.165) is 18.5 Å². The van der Waals surface area contributed by atoms with E-state index in [2.05, 4.69) is 40.2 Å². The van der Waals surface area contributed by atoms with E-state index in [4.69, 9.17) is 0 Å². The highest BCUT2D eigenvalue weighted by molar-refractivity contribution is 9.10. The van der Waals surface area contributed by atoms with Crippen molar-refractivity contribution in [2.75, 3.05) is 6.54 Å². The minimum atomic E-state index is -0.243. The second-order valence-electron chi connectivity index (χ2n) is 4.74. The van der Waals surface area contributed by atoms with Crippen LogP contribution in [0.1, 0.15) is 37.4 Å². The van der Waals surface area contributed by atoms with Crippen molar-refractivity contribution in [3.8, 4) is 0 Å². The number of rotatable bonds is 6. The van der Waals surface area contributed by atoms with Gasteiger partial charge in [0.2, 0.25) is 0 Å². The van der Waals surface area contributed by atoms with Crippen LogP contribution >= 0.6 is 15.9 Å². The average molecular weight is 340 g/mol. The average Bonchev–Trinajstić information content (AvgIpc) is 2.88. The zero-order valence-corrected chi connectivity index (χ0v) is 13.3. The lowest BCUT2D eigenvalue weighted by Gasteiger charge is -2.13. The van der Waals surface area contributed by atoms with Crippen molar-refractivity contribution in [3.05, 3.63) is 52.0 Å². The second kappa shape index (κ2) is 6.99. The highest BCUT2D eigenvalue weighted by atomic mass is 79.9. The van der Waals surface area contributed by atoms with Gasteiger partial charge in [-0.3, -0.25) is 4.68 Å². The van der Waals surface area contributed by atoms with Crippen molar-refractivity contribution in [1.82, 2.24) is 15.1 Å². The summed E-state index contributed by atoms with van der Waals surface area (Å²) in [4.78, 5) is 0. The molecule has 3 nitrogen and oxygen atoms in total. The molecule has 0 aliphatic heterocycles. The van der Waals surface area contributed by atoms with Crippen LogP contribution in [-0.4, -0.2) is 16.3 Å². The molecule has 1 heterocycles. The van der Waals surface area contributed by atoms with Crippen molar-refractivity contribution in [2.45, 2.75) is 32.9 Å². The normalized spacial score (nSPS) is 12.6. The Hall–Kier alpha value is -1.20. The third-order valence-electron chi connectivity index (χ3n) is 3.24. The van der Waals surface area contributed by atoms with Gasteiger partial charge in [0.05, 0.1) is 17.2 Å². The van der Waals surface area contributed by atoms with Crippen LogP contribution in [0.15, 0.2) is 35.1 Å². The predicted molar refractivity (Wildman–Crippen MR) is 82.1 cm³/mol. The van der Waals surface area contributed by atoms with Crippen LogP contribution in [0.2, 0.25) is 0 Å². The van der Waals surface area contributed by atoms with Crippen LogP contribution in [0, 0.1) is 5.82 Å². The maximum atomic E-state index is 13.2. The molecule has 5 heteroatoms. The fourth-order valence-electron chi connectivity index (χ4n) is 2.22. The lowest BCUT2D eigenvalue weighted by atomic mass is 10.1. The first-order valence-electron chi connectivity index (χ1n) is 6.83. The van der Waals surface area contributed by atoms with E-state index in [-0.39, 0.29) is 5.82 Å². The molecule has 1 unspecified atom stereocenters. The largest absolute Gasteiger partial charge is 0.310 e. The molecule has 0 aliphatic carbocycles. The smallest absolute Gasteiger partial charge is 0.137 e. The zero-order valence-electron chi connectivity index (χ0n) is 11.7. The molecule has 2 aromatic rings. The molecule has 0 saturated carbocycles. The van der Waals surface area contributed by atoms with Gasteiger partial charge in [-0.15, -0.1) is 0 Å². The van der Waals surface area contributed by atoms with Crippen molar-refractivity contribution in [3.63, 3.8) is 0 Å². The highest BCUT2D eigenvalue weighted by Crippen LogP contribution is 2.19. The monoisotopic (exact) mass is 339 g/mol. The number of benzene rings is 1. The van der Waals surface area contributed by atoms with Gasteiger partial charge in [0.15, 0.2) is 0 Å². The SMILES string of the molecule is CCNC(CC)c1cnn(Cc2ccc(F)c(Br)c2)c1. The molecule has 0 bridgehead atoms. The Kier molecular flexibility index (Phi) is 5.31.